The molecule has 12 heavy (non-hydrogen) atoms. The van der Waals surface area contributed by atoms with Crippen molar-refractivity contribution in [3.8, 4) is 0 Å². The average Bonchev–Trinajstić information content (AvgIpc) is 2.03. The monoisotopic (exact) mass is 176 g/mol. The van der Waals surface area contributed by atoms with Crippen molar-refractivity contribution in [1.29, 1.82) is 0 Å². The minimum Gasteiger partial charge on any atom is -0.569 e. The van der Waals surface area contributed by atoms with Crippen LogP contribution in [-0.2, 0) is 0 Å². The van der Waals surface area contributed by atoms with Crippen molar-refractivity contribution in [2.45, 2.75) is 39.4 Å². The standard InChI is InChI=1S/C6H16N4O2/c1-4-6(7)9(5(2)3)10(12)8-11/h5-6,11H,4,7H2,1-3H3/b10-8-. The molecule has 0 bridgehead atoms. The highest BCUT2D eigenvalue weighted by molar-refractivity contribution is 4.58. The first-order chi connectivity index (χ1) is 5.54. The van der Waals surface area contributed by atoms with E-state index >= 15 is 0 Å². The van der Waals surface area contributed by atoms with Gasteiger partial charge in [0.2, 0.25) is 5.28 Å². The fourth-order valence-corrected chi connectivity index (χ4v) is 0.941. The molecule has 1 unspecified atom stereocenters. The molecule has 0 fully saturated rings. The highest BCUT2D eigenvalue weighted by Gasteiger charge is 2.23. The molecule has 0 aliphatic heterocycles. The molecule has 0 aliphatic carbocycles. The van der Waals surface area contributed by atoms with Gasteiger partial charge in [0.25, 0.3) is 0 Å². The summed E-state index contributed by atoms with van der Waals surface area (Å²) >= 11 is 0. The van der Waals surface area contributed by atoms with Crippen LogP contribution < -0.4 is 5.73 Å². The van der Waals surface area contributed by atoms with Crippen molar-refractivity contribution in [1.82, 2.24) is 5.01 Å². The molecule has 0 spiro atoms. The highest BCUT2D eigenvalue weighted by Crippen LogP contribution is 2.04. The molecule has 72 valence electrons. The molecular weight excluding hydrogens is 160 g/mol. The molecule has 3 N–H and O–H groups in total. The van der Waals surface area contributed by atoms with Gasteiger partial charge in [-0.15, -0.1) is 5.01 Å². The summed E-state index contributed by atoms with van der Waals surface area (Å²) < 4.78 is 0. The van der Waals surface area contributed by atoms with Crippen molar-refractivity contribution in [3.05, 3.63) is 5.21 Å². The van der Waals surface area contributed by atoms with Crippen LogP contribution in [0, 0.1) is 5.21 Å². The zero-order chi connectivity index (χ0) is 9.72. The molecule has 0 aromatic carbocycles. The normalized spacial score (nSPS) is 14.9. The minimum absolute atomic E-state index is 0.0895. The first kappa shape index (κ1) is 11.0. The molecule has 0 heterocycles. The molecule has 0 aliphatic rings. The number of hydrogen-bond donors (Lipinski definition) is 2. The van der Waals surface area contributed by atoms with Crippen molar-refractivity contribution < 1.29 is 10.2 Å². The Morgan fingerprint density at radius 1 is 1.67 bits per heavy atom. The van der Waals surface area contributed by atoms with Crippen molar-refractivity contribution in [2.24, 2.45) is 11.0 Å². The first-order valence-corrected chi connectivity index (χ1v) is 3.90. The van der Waals surface area contributed by atoms with E-state index in [-0.39, 0.29) is 11.0 Å². The lowest BCUT2D eigenvalue weighted by molar-refractivity contribution is -0.723. The van der Waals surface area contributed by atoms with Crippen LogP contribution >= 0.6 is 0 Å². The Labute approximate surface area is 71.8 Å². The molecule has 0 rings (SSSR count). The van der Waals surface area contributed by atoms with Gasteiger partial charge in [-0.3, -0.25) is 0 Å². The Kier molecular flexibility index (Phi) is 4.35. The molecular formula is C6H16N4O2. The van der Waals surface area contributed by atoms with Gasteiger partial charge in [0.1, 0.15) is 6.17 Å². The van der Waals surface area contributed by atoms with Crippen LogP contribution in [0.5, 0.6) is 0 Å². The summed E-state index contributed by atoms with van der Waals surface area (Å²) in [6, 6.07) is -0.0895. The summed E-state index contributed by atoms with van der Waals surface area (Å²) in [4.78, 5) is 0.110. The molecule has 0 amide bonds. The Morgan fingerprint density at radius 3 is 2.42 bits per heavy atom. The predicted molar refractivity (Wildman–Crippen MR) is 43.1 cm³/mol. The van der Waals surface area contributed by atoms with E-state index in [4.69, 9.17) is 10.9 Å². The molecule has 0 aromatic heterocycles. The lowest BCUT2D eigenvalue weighted by Crippen LogP contribution is -2.49. The average molecular weight is 176 g/mol. The van der Waals surface area contributed by atoms with Crippen LogP contribution in [0.3, 0.4) is 0 Å². The zero-order valence-electron chi connectivity index (χ0n) is 7.64. The number of nitrogens with zero attached hydrogens (tertiary/aromatic N) is 3. The molecule has 6 heteroatoms. The van der Waals surface area contributed by atoms with Crippen LogP contribution in [0.15, 0.2) is 5.28 Å². The maximum absolute atomic E-state index is 10.9. The van der Waals surface area contributed by atoms with E-state index < -0.39 is 6.17 Å². The van der Waals surface area contributed by atoms with Crippen LogP contribution in [0.25, 0.3) is 0 Å². The van der Waals surface area contributed by atoms with Gasteiger partial charge in [-0.1, -0.05) is 6.92 Å². The molecule has 0 saturated heterocycles. The van der Waals surface area contributed by atoms with Gasteiger partial charge >= 0.3 is 0 Å². The summed E-state index contributed by atoms with van der Waals surface area (Å²) in [6.45, 7) is 5.45. The largest absolute Gasteiger partial charge is 0.569 e. The molecule has 1 atom stereocenters. The lowest BCUT2D eigenvalue weighted by atomic mass is 10.3. The summed E-state index contributed by atoms with van der Waals surface area (Å²) in [5.74, 6) is 0. The van der Waals surface area contributed by atoms with E-state index in [0.29, 0.717) is 6.42 Å². The maximum Gasteiger partial charge on any atom is 0.230 e. The highest BCUT2D eigenvalue weighted by atomic mass is 16.6. The van der Waals surface area contributed by atoms with Crippen LogP contribution in [0.1, 0.15) is 27.2 Å². The second kappa shape index (κ2) is 4.76. The van der Waals surface area contributed by atoms with Gasteiger partial charge in [0.05, 0.1) is 11.0 Å². The third kappa shape index (κ3) is 2.54. The van der Waals surface area contributed by atoms with Crippen molar-refractivity contribution in [2.75, 3.05) is 0 Å². The fraction of sp³-hybridized carbons (Fsp3) is 1.00. The van der Waals surface area contributed by atoms with Gasteiger partial charge in [0, 0.05) is 0 Å². The number of hydrazine groups is 1. The number of hydrogen-bond acceptors (Lipinski definition) is 3. The number of nitrogens with two attached hydrogens (primary N) is 1. The first-order valence-electron chi connectivity index (χ1n) is 3.90. The second-order valence-electron chi connectivity index (χ2n) is 2.79. The van der Waals surface area contributed by atoms with E-state index in [1.54, 1.807) is 13.8 Å². The Hall–Kier alpha value is -1.04. The van der Waals surface area contributed by atoms with Gasteiger partial charge in [-0.05, 0) is 20.3 Å². The van der Waals surface area contributed by atoms with Gasteiger partial charge in [-0.2, -0.15) is 0 Å². The van der Waals surface area contributed by atoms with E-state index in [0.717, 1.165) is 0 Å². The molecule has 0 radical (unpaired) electrons. The quantitative estimate of drug-likeness (QED) is 0.285. The minimum atomic E-state index is -0.418. The fourth-order valence-electron chi connectivity index (χ4n) is 0.941. The van der Waals surface area contributed by atoms with Crippen molar-refractivity contribution >= 4 is 0 Å². The zero-order valence-corrected chi connectivity index (χ0v) is 7.64. The van der Waals surface area contributed by atoms with E-state index in [2.05, 4.69) is 5.28 Å². The third-order valence-corrected chi connectivity index (χ3v) is 1.56. The van der Waals surface area contributed by atoms with Crippen LogP contribution in [0.2, 0.25) is 0 Å². The lowest BCUT2D eigenvalue weighted by Gasteiger charge is -2.25. The number of rotatable bonds is 4. The summed E-state index contributed by atoms with van der Waals surface area (Å²) in [7, 11) is 0. The SMILES string of the molecule is CCC(N)N(C(C)C)/[N+]([O-])=N/O. The Morgan fingerprint density at radius 2 is 2.17 bits per heavy atom. The summed E-state index contributed by atoms with van der Waals surface area (Å²) in [6.07, 6.45) is 0.199. The van der Waals surface area contributed by atoms with E-state index in [1.165, 1.54) is 5.01 Å². The summed E-state index contributed by atoms with van der Waals surface area (Å²) in [5, 5.41) is 22.9. The molecule has 0 aromatic rings. The summed E-state index contributed by atoms with van der Waals surface area (Å²) in [5.41, 5.74) is 5.61. The topological polar surface area (TPSA) is 87.9 Å². The molecule has 6 nitrogen and oxygen atoms in total. The Balaban J connectivity index is 4.43. The van der Waals surface area contributed by atoms with E-state index in [1.807, 2.05) is 6.92 Å². The van der Waals surface area contributed by atoms with Crippen molar-refractivity contribution in [3.63, 3.8) is 0 Å². The molecule has 0 saturated carbocycles. The third-order valence-electron chi connectivity index (χ3n) is 1.56. The predicted octanol–water partition coefficient (Wildman–Crippen LogP) is 0.658. The Bertz CT molecular complexity index is 160. The van der Waals surface area contributed by atoms with Gasteiger partial charge in [-0.25, -0.2) is 0 Å². The second-order valence-corrected chi connectivity index (χ2v) is 2.79. The van der Waals surface area contributed by atoms with Gasteiger partial charge in [0.15, 0.2) is 0 Å². The maximum atomic E-state index is 10.9. The van der Waals surface area contributed by atoms with Crippen LogP contribution in [-0.4, -0.2) is 27.4 Å². The van der Waals surface area contributed by atoms with Crippen LogP contribution in [0.4, 0.5) is 0 Å². The van der Waals surface area contributed by atoms with Gasteiger partial charge < -0.3 is 16.1 Å². The van der Waals surface area contributed by atoms with E-state index in [9.17, 15) is 5.21 Å². The smallest absolute Gasteiger partial charge is 0.230 e.